The second kappa shape index (κ2) is 14.1. The third kappa shape index (κ3) is 7.63. The number of carbonyl (C=O) groups excluding carboxylic acids is 3. The van der Waals surface area contributed by atoms with E-state index in [0.717, 1.165) is 30.2 Å². The Balaban J connectivity index is 1.81. The molecule has 0 aliphatic heterocycles. The lowest BCUT2D eigenvalue weighted by atomic mass is 10.1. The molecule has 0 spiro atoms. The summed E-state index contributed by atoms with van der Waals surface area (Å²) in [6.45, 7) is 3.94. The summed E-state index contributed by atoms with van der Waals surface area (Å²) >= 11 is 0. The Morgan fingerprint density at radius 3 is 2.65 bits per heavy atom. The van der Waals surface area contributed by atoms with Crippen LogP contribution in [0.3, 0.4) is 0 Å². The molecule has 0 saturated heterocycles. The summed E-state index contributed by atoms with van der Waals surface area (Å²) in [6.07, 6.45) is 5.12. The van der Waals surface area contributed by atoms with E-state index in [9.17, 15) is 14.4 Å². The zero-order valence-corrected chi connectivity index (χ0v) is 21.7. The molecule has 0 unspecified atom stereocenters. The van der Waals surface area contributed by atoms with Crippen molar-refractivity contribution in [1.29, 1.82) is 0 Å². The van der Waals surface area contributed by atoms with E-state index in [1.807, 2.05) is 24.3 Å². The molecular weight excluding hydrogens is 476 g/mol. The fourth-order valence-electron chi connectivity index (χ4n) is 4.13. The van der Waals surface area contributed by atoms with Crippen molar-refractivity contribution in [2.75, 3.05) is 33.9 Å². The van der Waals surface area contributed by atoms with E-state index in [1.54, 1.807) is 18.1 Å². The number of aromatic nitrogens is 4. The van der Waals surface area contributed by atoms with Gasteiger partial charge in [0.05, 0.1) is 13.3 Å². The zero-order chi connectivity index (χ0) is 26.6. The first-order valence-electron chi connectivity index (χ1n) is 12.6. The van der Waals surface area contributed by atoms with E-state index in [-0.39, 0.29) is 30.5 Å². The number of rotatable bonds is 15. The van der Waals surface area contributed by atoms with Gasteiger partial charge in [-0.2, -0.15) is 0 Å². The van der Waals surface area contributed by atoms with Crippen molar-refractivity contribution < 1.29 is 23.9 Å². The van der Waals surface area contributed by atoms with E-state index in [1.165, 1.54) is 18.0 Å². The largest absolute Gasteiger partial charge is 0.464 e. The first kappa shape index (κ1) is 27.9. The standard InChI is InChI=1S/C26H36N6O5/c1-4-5-8-13-31(14-9-16-36-2)25(34)21(12-15-32-23(18-27-30-32)26(35)37-3)29-24(33)22-17-19-10-6-7-11-20(19)28-22/h6-7,10-11,17-18,21,28H,4-5,8-9,12-16H2,1-3H3,(H,29,33)/t21-/m0/s1. The van der Waals surface area contributed by atoms with Crippen molar-refractivity contribution in [2.45, 2.75) is 51.6 Å². The maximum atomic E-state index is 13.7. The Morgan fingerprint density at radius 1 is 1.14 bits per heavy atom. The molecule has 0 aliphatic carbocycles. The first-order chi connectivity index (χ1) is 18.0. The van der Waals surface area contributed by atoms with Gasteiger partial charge in [0.25, 0.3) is 5.91 Å². The topological polar surface area (TPSA) is 131 Å². The number of unbranched alkanes of at least 4 members (excludes halogenated alkanes) is 2. The molecule has 1 atom stereocenters. The minimum atomic E-state index is -0.835. The molecule has 2 heterocycles. The Bertz CT molecular complexity index is 1130. The lowest BCUT2D eigenvalue weighted by Crippen LogP contribution is -2.49. The van der Waals surface area contributed by atoms with Gasteiger partial charge < -0.3 is 24.7 Å². The molecule has 11 heteroatoms. The van der Waals surface area contributed by atoms with Gasteiger partial charge in [0.2, 0.25) is 5.91 Å². The van der Waals surface area contributed by atoms with Crippen molar-refractivity contribution >= 4 is 28.7 Å². The molecule has 0 fully saturated rings. The molecule has 2 N–H and O–H groups in total. The first-order valence-corrected chi connectivity index (χ1v) is 12.6. The number of H-pyrrole nitrogens is 1. The van der Waals surface area contributed by atoms with Gasteiger partial charge in [0.15, 0.2) is 5.69 Å². The van der Waals surface area contributed by atoms with Gasteiger partial charge in [-0.15, -0.1) is 5.10 Å². The molecule has 1 aromatic carbocycles. The monoisotopic (exact) mass is 512 g/mol. The molecule has 3 aromatic rings. The summed E-state index contributed by atoms with van der Waals surface area (Å²) in [5.74, 6) is -1.14. The number of para-hydroxylation sites is 1. The lowest BCUT2D eigenvalue weighted by molar-refractivity contribution is -0.133. The number of hydrogen-bond donors (Lipinski definition) is 2. The Kier molecular flexibility index (Phi) is 10.6. The van der Waals surface area contributed by atoms with Crippen molar-refractivity contribution in [3.05, 3.63) is 47.9 Å². The van der Waals surface area contributed by atoms with Gasteiger partial charge in [-0.25, -0.2) is 9.48 Å². The van der Waals surface area contributed by atoms with E-state index in [4.69, 9.17) is 9.47 Å². The number of fused-ring (bicyclic) bond motifs is 1. The quantitative estimate of drug-likeness (QED) is 0.236. The fraction of sp³-hybridized carbons (Fsp3) is 0.500. The van der Waals surface area contributed by atoms with Gasteiger partial charge >= 0.3 is 5.97 Å². The summed E-state index contributed by atoms with van der Waals surface area (Å²) in [7, 11) is 2.91. The summed E-state index contributed by atoms with van der Waals surface area (Å²) in [4.78, 5) is 43.9. The van der Waals surface area contributed by atoms with Gasteiger partial charge in [0.1, 0.15) is 11.7 Å². The highest BCUT2D eigenvalue weighted by atomic mass is 16.5. The molecule has 11 nitrogen and oxygen atoms in total. The van der Waals surface area contributed by atoms with Gasteiger partial charge in [-0.1, -0.05) is 43.2 Å². The molecule has 37 heavy (non-hydrogen) atoms. The van der Waals surface area contributed by atoms with Crippen LogP contribution in [-0.2, 0) is 20.8 Å². The van der Waals surface area contributed by atoms with Crippen LogP contribution in [-0.4, -0.2) is 82.6 Å². The number of carbonyl (C=O) groups is 3. The number of aromatic amines is 1. The second-order valence-corrected chi connectivity index (χ2v) is 8.80. The molecule has 2 aromatic heterocycles. The number of esters is 1. The third-order valence-electron chi connectivity index (χ3n) is 6.14. The van der Waals surface area contributed by atoms with E-state index in [2.05, 4.69) is 27.5 Å². The van der Waals surface area contributed by atoms with Crippen LogP contribution in [0.5, 0.6) is 0 Å². The Morgan fingerprint density at radius 2 is 1.92 bits per heavy atom. The molecule has 200 valence electrons. The zero-order valence-electron chi connectivity index (χ0n) is 21.7. The van der Waals surface area contributed by atoms with Crippen molar-refractivity contribution in [3.8, 4) is 0 Å². The number of benzene rings is 1. The molecule has 0 saturated carbocycles. The van der Waals surface area contributed by atoms with Crippen LogP contribution in [0.25, 0.3) is 10.9 Å². The highest BCUT2D eigenvalue weighted by Crippen LogP contribution is 2.15. The fourth-order valence-corrected chi connectivity index (χ4v) is 4.13. The minimum Gasteiger partial charge on any atom is -0.464 e. The molecule has 2 amide bonds. The van der Waals surface area contributed by atoms with Gasteiger partial charge in [0, 0.05) is 44.3 Å². The van der Waals surface area contributed by atoms with Crippen LogP contribution >= 0.6 is 0 Å². The smallest absolute Gasteiger partial charge is 0.358 e. The Hall–Kier alpha value is -3.73. The van der Waals surface area contributed by atoms with Gasteiger partial charge in [-0.3, -0.25) is 9.59 Å². The highest BCUT2D eigenvalue weighted by Gasteiger charge is 2.27. The SMILES string of the molecule is CCCCCN(CCCOC)C(=O)[C@H](CCn1nncc1C(=O)OC)NC(=O)c1cc2ccccc2[nH]1. The number of nitrogens with zero attached hydrogens (tertiary/aromatic N) is 4. The second-order valence-electron chi connectivity index (χ2n) is 8.80. The molecule has 0 radical (unpaired) electrons. The summed E-state index contributed by atoms with van der Waals surface area (Å²) < 4.78 is 11.3. The summed E-state index contributed by atoms with van der Waals surface area (Å²) in [6, 6.07) is 8.51. The van der Waals surface area contributed by atoms with Gasteiger partial charge in [-0.05, 0) is 31.4 Å². The normalized spacial score (nSPS) is 11.9. The molecule has 0 aliphatic rings. The number of aryl methyl sites for hydroxylation is 1. The maximum absolute atomic E-state index is 13.7. The predicted molar refractivity (Wildman–Crippen MR) is 138 cm³/mol. The van der Waals surface area contributed by atoms with Crippen LogP contribution in [0.15, 0.2) is 36.5 Å². The van der Waals surface area contributed by atoms with Crippen LogP contribution in [0.2, 0.25) is 0 Å². The average Bonchev–Trinajstić information content (AvgIpc) is 3.56. The number of hydrogen-bond acceptors (Lipinski definition) is 7. The van der Waals surface area contributed by atoms with E-state index < -0.39 is 12.0 Å². The molecule has 0 bridgehead atoms. The van der Waals surface area contributed by atoms with Crippen molar-refractivity contribution in [2.24, 2.45) is 0 Å². The lowest BCUT2D eigenvalue weighted by Gasteiger charge is -2.28. The molecular formula is C26H36N6O5. The number of methoxy groups -OCH3 is 2. The maximum Gasteiger partial charge on any atom is 0.358 e. The van der Waals surface area contributed by atoms with Crippen LogP contribution in [0.1, 0.15) is 60.0 Å². The van der Waals surface area contributed by atoms with Crippen molar-refractivity contribution in [1.82, 2.24) is 30.2 Å². The van der Waals surface area contributed by atoms with Crippen LogP contribution < -0.4 is 5.32 Å². The molecule has 3 rings (SSSR count). The van der Waals surface area contributed by atoms with E-state index >= 15 is 0 Å². The minimum absolute atomic E-state index is 0.176. The summed E-state index contributed by atoms with van der Waals surface area (Å²) in [5, 5.41) is 11.6. The summed E-state index contributed by atoms with van der Waals surface area (Å²) in [5.41, 5.74) is 1.38. The number of nitrogens with one attached hydrogen (secondary N) is 2. The highest BCUT2D eigenvalue weighted by molar-refractivity contribution is 6.00. The van der Waals surface area contributed by atoms with Crippen LogP contribution in [0.4, 0.5) is 0 Å². The predicted octanol–water partition coefficient (Wildman–Crippen LogP) is 2.79. The van der Waals surface area contributed by atoms with E-state index in [0.29, 0.717) is 31.8 Å². The number of amides is 2. The Labute approximate surface area is 216 Å². The third-order valence-corrected chi connectivity index (χ3v) is 6.14. The average molecular weight is 513 g/mol. The number of ether oxygens (including phenoxy) is 2. The van der Waals surface area contributed by atoms with Crippen LogP contribution in [0, 0.1) is 0 Å². The van der Waals surface area contributed by atoms with Crippen molar-refractivity contribution in [3.63, 3.8) is 0 Å².